The molecule has 156 valence electrons. The van der Waals surface area contributed by atoms with Crippen LogP contribution in [-0.4, -0.2) is 52.5 Å². The first kappa shape index (κ1) is 20.6. The van der Waals surface area contributed by atoms with Crippen LogP contribution in [0.15, 0.2) is 24.7 Å². The van der Waals surface area contributed by atoms with Gasteiger partial charge in [0.1, 0.15) is 11.4 Å². The van der Waals surface area contributed by atoms with Crippen molar-refractivity contribution >= 4 is 5.91 Å². The summed E-state index contributed by atoms with van der Waals surface area (Å²) in [5.41, 5.74) is 6.42. The zero-order chi connectivity index (χ0) is 21.2. The summed E-state index contributed by atoms with van der Waals surface area (Å²) in [7, 11) is 1.78. The molecule has 0 aromatic carbocycles. The van der Waals surface area contributed by atoms with E-state index in [4.69, 9.17) is 5.73 Å². The first-order valence-electron chi connectivity index (χ1n) is 8.92. The van der Waals surface area contributed by atoms with Gasteiger partial charge in [-0.2, -0.15) is 25.6 Å². The summed E-state index contributed by atoms with van der Waals surface area (Å²) >= 11 is 0. The Bertz CT molecular complexity index is 962. The van der Waals surface area contributed by atoms with Crippen molar-refractivity contribution in [3.8, 4) is 11.4 Å². The second-order valence-corrected chi connectivity index (χ2v) is 7.47. The number of hydrogen-bond donors (Lipinski definition) is 3. The Labute approximate surface area is 165 Å². The lowest BCUT2D eigenvalue weighted by molar-refractivity contribution is -0.124. The molecule has 12 heteroatoms. The number of aromatic amines is 1. The van der Waals surface area contributed by atoms with Crippen LogP contribution in [0.5, 0.6) is 0 Å². The van der Waals surface area contributed by atoms with Gasteiger partial charge in [-0.1, -0.05) is 0 Å². The highest BCUT2D eigenvalue weighted by Gasteiger charge is 2.28. The lowest BCUT2D eigenvalue weighted by atomic mass is 10.0. The average Bonchev–Trinajstić information content (AvgIpc) is 3.35. The van der Waals surface area contributed by atoms with Crippen molar-refractivity contribution in [2.45, 2.75) is 44.8 Å². The quantitative estimate of drug-likeness (QED) is 0.506. The van der Waals surface area contributed by atoms with Gasteiger partial charge in [-0.3, -0.25) is 14.2 Å². The van der Waals surface area contributed by atoms with Crippen LogP contribution in [0.2, 0.25) is 0 Å². The Morgan fingerprint density at radius 3 is 2.72 bits per heavy atom. The van der Waals surface area contributed by atoms with Crippen LogP contribution in [-0.2, 0) is 24.8 Å². The Hall–Kier alpha value is -3.15. The molecule has 0 aliphatic rings. The molecule has 0 spiro atoms. The van der Waals surface area contributed by atoms with Gasteiger partial charge in [0.2, 0.25) is 5.91 Å². The number of halogens is 2. The average molecular weight is 407 g/mol. The molecule has 0 aliphatic heterocycles. The van der Waals surface area contributed by atoms with E-state index in [1.165, 1.54) is 16.9 Å². The molecule has 0 aliphatic carbocycles. The van der Waals surface area contributed by atoms with E-state index in [1.54, 1.807) is 38.0 Å². The van der Waals surface area contributed by atoms with E-state index in [1.807, 2.05) is 0 Å². The fourth-order valence-corrected chi connectivity index (χ4v) is 2.96. The molecular weight excluding hydrogens is 384 g/mol. The normalized spacial score (nSPS) is 13.1. The number of aromatic nitrogens is 7. The third-order valence-corrected chi connectivity index (χ3v) is 4.26. The van der Waals surface area contributed by atoms with Crippen molar-refractivity contribution in [1.82, 2.24) is 40.3 Å². The van der Waals surface area contributed by atoms with Gasteiger partial charge in [0, 0.05) is 13.2 Å². The number of rotatable bonds is 8. The van der Waals surface area contributed by atoms with Gasteiger partial charge in [-0.05, 0) is 31.9 Å². The molecule has 0 unspecified atom stereocenters. The largest absolute Gasteiger partial charge is 0.348 e. The summed E-state index contributed by atoms with van der Waals surface area (Å²) in [5, 5.41) is 21.0. The highest BCUT2D eigenvalue weighted by molar-refractivity contribution is 5.82. The minimum absolute atomic E-state index is 0.132. The van der Waals surface area contributed by atoms with E-state index in [0.717, 1.165) is 5.56 Å². The Morgan fingerprint density at radius 1 is 1.38 bits per heavy atom. The maximum absolute atomic E-state index is 13.1. The molecule has 3 rings (SSSR count). The lowest BCUT2D eigenvalue weighted by Gasteiger charge is -2.28. The minimum Gasteiger partial charge on any atom is -0.348 e. The third kappa shape index (κ3) is 5.02. The molecule has 0 saturated heterocycles. The molecule has 0 saturated carbocycles. The van der Waals surface area contributed by atoms with E-state index < -0.39 is 18.0 Å². The van der Waals surface area contributed by atoms with E-state index in [-0.39, 0.29) is 18.1 Å². The van der Waals surface area contributed by atoms with Crippen LogP contribution in [0.1, 0.15) is 31.5 Å². The predicted octanol–water partition coefficient (Wildman–Crippen LogP) is 0.804. The van der Waals surface area contributed by atoms with Crippen LogP contribution < -0.4 is 11.1 Å². The number of carbonyl (C=O) groups excluding carboxylic acids is 1. The molecular formula is C17H23F2N9O. The fraction of sp³-hybridized carbons (Fsp3) is 0.471. The smallest absolute Gasteiger partial charge is 0.282 e. The number of hydrogen-bond acceptors (Lipinski definition) is 6. The summed E-state index contributed by atoms with van der Waals surface area (Å²) in [6.07, 6.45) is 2.46. The molecule has 3 heterocycles. The number of alkyl halides is 2. The van der Waals surface area contributed by atoms with Gasteiger partial charge in [0.15, 0.2) is 0 Å². The Balaban J connectivity index is 1.72. The molecule has 1 atom stereocenters. The summed E-state index contributed by atoms with van der Waals surface area (Å²) in [4.78, 5) is 12.5. The van der Waals surface area contributed by atoms with Crippen molar-refractivity contribution in [3.63, 3.8) is 0 Å². The standard InChI is InChI=1S/C17H23F2N9O/c1-17(2,23-16(29)11(20)4-10-6-22-27(3)8-10)9-28-14(13-7-21-26-24-13)5-12(25-28)15(18)19/h5-8,11,15H,4,9,20H2,1-3H3,(H,23,29)(H,21,24,26)/t11-/m1/s1. The Kier molecular flexibility index (Phi) is 5.73. The molecule has 10 nitrogen and oxygen atoms in total. The Morgan fingerprint density at radius 2 is 2.14 bits per heavy atom. The lowest BCUT2D eigenvalue weighted by Crippen LogP contribution is -2.53. The van der Waals surface area contributed by atoms with Gasteiger partial charge in [-0.15, -0.1) is 0 Å². The number of H-pyrrole nitrogens is 1. The van der Waals surface area contributed by atoms with Crippen molar-refractivity contribution in [3.05, 3.63) is 35.9 Å². The van der Waals surface area contributed by atoms with E-state index in [2.05, 4.69) is 30.9 Å². The van der Waals surface area contributed by atoms with Crippen LogP contribution >= 0.6 is 0 Å². The predicted molar refractivity (Wildman–Crippen MR) is 99.7 cm³/mol. The minimum atomic E-state index is -2.73. The second kappa shape index (κ2) is 8.07. The maximum Gasteiger partial charge on any atom is 0.282 e. The molecule has 0 radical (unpaired) electrons. The zero-order valence-corrected chi connectivity index (χ0v) is 16.3. The van der Waals surface area contributed by atoms with Crippen molar-refractivity contribution < 1.29 is 13.6 Å². The number of amides is 1. The van der Waals surface area contributed by atoms with Gasteiger partial charge in [-0.25, -0.2) is 8.78 Å². The van der Waals surface area contributed by atoms with Crippen LogP contribution in [0.3, 0.4) is 0 Å². The number of nitrogens with one attached hydrogen (secondary N) is 2. The number of aryl methyl sites for hydroxylation is 1. The third-order valence-electron chi connectivity index (χ3n) is 4.26. The maximum atomic E-state index is 13.1. The molecule has 3 aromatic rings. The van der Waals surface area contributed by atoms with Crippen LogP contribution in [0.25, 0.3) is 11.4 Å². The SMILES string of the molecule is Cn1cc(C[C@@H](N)C(=O)NC(C)(C)Cn2nc(C(F)F)cc2-c2cn[nH]n2)cn1. The fourth-order valence-electron chi connectivity index (χ4n) is 2.96. The molecule has 29 heavy (non-hydrogen) atoms. The van der Waals surface area contributed by atoms with Gasteiger partial charge in [0.05, 0.1) is 36.2 Å². The summed E-state index contributed by atoms with van der Waals surface area (Å²) < 4.78 is 29.3. The van der Waals surface area contributed by atoms with E-state index in [9.17, 15) is 13.6 Å². The van der Waals surface area contributed by atoms with Crippen LogP contribution in [0, 0.1) is 0 Å². The second-order valence-electron chi connectivity index (χ2n) is 7.47. The molecule has 0 bridgehead atoms. The summed E-state index contributed by atoms with van der Waals surface area (Å²) in [5.74, 6) is -0.358. The topological polar surface area (TPSA) is 132 Å². The molecule has 1 amide bonds. The van der Waals surface area contributed by atoms with E-state index in [0.29, 0.717) is 17.8 Å². The van der Waals surface area contributed by atoms with E-state index >= 15 is 0 Å². The van der Waals surface area contributed by atoms with Gasteiger partial charge >= 0.3 is 0 Å². The summed E-state index contributed by atoms with van der Waals surface area (Å²) in [6.45, 7) is 3.66. The van der Waals surface area contributed by atoms with Crippen molar-refractivity contribution in [2.75, 3.05) is 0 Å². The molecule has 0 fully saturated rings. The van der Waals surface area contributed by atoms with Crippen molar-refractivity contribution in [2.24, 2.45) is 12.8 Å². The number of carbonyl (C=O) groups is 1. The van der Waals surface area contributed by atoms with Gasteiger partial charge < -0.3 is 11.1 Å². The highest BCUT2D eigenvalue weighted by Crippen LogP contribution is 2.25. The van der Waals surface area contributed by atoms with Crippen LogP contribution in [0.4, 0.5) is 8.78 Å². The molecule has 4 N–H and O–H groups in total. The van der Waals surface area contributed by atoms with Gasteiger partial charge in [0.25, 0.3) is 6.43 Å². The number of nitrogens with zero attached hydrogens (tertiary/aromatic N) is 6. The first-order chi connectivity index (χ1) is 13.6. The zero-order valence-electron chi connectivity index (χ0n) is 16.3. The monoisotopic (exact) mass is 407 g/mol. The number of nitrogens with two attached hydrogens (primary N) is 1. The summed E-state index contributed by atoms with van der Waals surface area (Å²) in [6, 6.07) is 0.483. The first-order valence-corrected chi connectivity index (χ1v) is 8.92. The highest BCUT2D eigenvalue weighted by atomic mass is 19.3. The van der Waals surface area contributed by atoms with Crippen molar-refractivity contribution in [1.29, 1.82) is 0 Å². The molecule has 3 aromatic heterocycles.